The van der Waals surface area contributed by atoms with Gasteiger partial charge >= 0.3 is 5.97 Å². The Morgan fingerprint density at radius 2 is 0.733 bits per heavy atom. The third-order valence-electron chi connectivity index (χ3n) is 13.3. The van der Waals surface area contributed by atoms with Gasteiger partial charge in [0.25, 0.3) is 5.91 Å². The van der Waals surface area contributed by atoms with E-state index in [1.165, 1.54) is 12.1 Å². The van der Waals surface area contributed by atoms with Crippen molar-refractivity contribution < 1.29 is 52.6 Å². The van der Waals surface area contributed by atoms with E-state index in [1.54, 1.807) is 134 Å². The molecule has 21 nitrogen and oxygen atoms in total. The lowest BCUT2D eigenvalue weighted by Gasteiger charge is -2.23. The van der Waals surface area contributed by atoms with Crippen LogP contribution in [0.25, 0.3) is 0 Å². The first kappa shape index (κ1) is 66.5. The summed E-state index contributed by atoms with van der Waals surface area (Å²) in [6, 6.07) is 55.2. The van der Waals surface area contributed by atoms with Crippen LogP contribution in [0.3, 0.4) is 0 Å². The van der Waals surface area contributed by atoms with Gasteiger partial charge in [0, 0.05) is 75.2 Å². The average molecular weight is 1240 g/mol. The highest BCUT2D eigenvalue weighted by atomic mass is 35.5. The second-order valence-electron chi connectivity index (χ2n) is 19.3. The molecule has 0 spiro atoms. The minimum absolute atomic E-state index is 0. The summed E-state index contributed by atoms with van der Waals surface area (Å²) in [5, 5.41) is 11.7. The van der Waals surface area contributed by atoms with Crippen LogP contribution in [0.15, 0.2) is 207 Å². The van der Waals surface area contributed by atoms with Crippen molar-refractivity contribution in [2.24, 2.45) is 5.73 Å². The molecule has 0 aliphatic carbocycles. The van der Waals surface area contributed by atoms with E-state index in [-0.39, 0.29) is 30.4 Å². The van der Waals surface area contributed by atoms with Crippen molar-refractivity contribution in [3.63, 3.8) is 0 Å². The molecule has 0 saturated heterocycles. The van der Waals surface area contributed by atoms with Gasteiger partial charge in [0.15, 0.2) is 0 Å². The molecular weight excluding hydrogens is 1170 g/mol. The van der Waals surface area contributed by atoms with Crippen LogP contribution in [0.5, 0.6) is 57.8 Å². The van der Waals surface area contributed by atoms with E-state index in [1.807, 2.05) is 103 Å². The number of benzene rings is 6. The van der Waals surface area contributed by atoms with E-state index >= 15 is 0 Å². The van der Waals surface area contributed by atoms with Crippen molar-refractivity contribution in [3.05, 3.63) is 252 Å². The van der Waals surface area contributed by atoms with Crippen LogP contribution >= 0.6 is 12.4 Å². The Balaban J connectivity index is 0.000000212. The van der Waals surface area contributed by atoms with Gasteiger partial charge in [-0.25, -0.2) is 34.7 Å². The Kier molecular flexibility index (Phi) is 25.4. The number of rotatable bonds is 25. The number of carboxylic acids is 1. The normalized spacial score (nSPS) is 10.3. The number of hydrogen-bond acceptors (Lipinski definition) is 19. The zero-order valence-corrected chi connectivity index (χ0v) is 51.3. The smallest absolute Gasteiger partial charge is 0.335 e. The number of carboxylic acid groups (broad SMARTS) is 1. The van der Waals surface area contributed by atoms with E-state index in [9.17, 15) is 9.59 Å². The number of carbonyl (C=O) groups excluding carboxylic acids is 1. The number of pyridine rings is 2. The van der Waals surface area contributed by atoms with Crippen LogP contribution in [0.1, 0.15) is 54.4 Å². The number of aromatic nitrogens is 6. The fraction of sp³-hybridized carbons (Fsp3) is 0.176. The molecule has 0 atom stereocenters. The maximum atomic E-state index is 12.9. The Morgan fingerprint density at radius 1 is 0.411 bits per heavy atom. The summed E-state index contributed by atoms with van der Waals surface area (Å²) in [5.74, 6) is 6.39. The molecule has 0 fully saturated rings. The molecule has 4 aromatic heterocycles. The second-order valence-corrected chi connectivity index (χ2v) is 19.3. The average Bonchev–Trinajstić information content (AvgIpc) is 1.85. The number of nitrogens with zero attached hydrogens (tertiary/aromatic N) is 8. The molecule has 10 aromatic rings. The maximum Gasteiger partial charge on any atom is 0.335 e. The first-order valence-corrected chi connectivity index (χ1v) is 27.9. The number of nitrogens with one attached hydrogen (secondary N) is 1. The zero-order chi connectivity index (χ0) is 62.7. The first-order valence-electron chi connectivity index (χ1n) is 27.9. The number of carbonyl (C=O) groups is 2. The SMILES string of the molecule is COc1ccc(CN(Cc2ccc(OC)cc2)c2nccc(CN)n2)cc1.COc1ccc(CN(Cc2ccc(OC)cc2)c2nccc(CNC(=O)c3ccc(Oc4cc(OC)ccn4)cc3)n2)cc1.COc1ccnc(Oc2ccc(C(=O)O)cc2)c1.Cl. The van der Waals surface area contributed by atoms with Crippen LogP contribution in [0.2, 0.25) is 0 Å². The number of methoxy groups -OCH3 is 6. The summed E-state index contributed by atoms with van der Waals surface area (Å²) >= 11 is 0. The topological polar surface area (TPSA) is 250 Å². The number of aromatic carboxylic acids is 1. The molecule has 464 valence electrons. The van der Waals surface area contributed by atoms with Crippen LogP contribution in [0.4, 0.5) is 11.9 Å². The minimum atomic E-state index is -0.971. The predicted octanol–water partition coefficient (Wildman–Crippen LogP) is 12.0. The van der Waals surface area contributed by atoms with E-state index in [0.29, 0.717) is 90.6 Å². The third kappa shape index (κ3) is 20.3. The van der Waals surface area contributed by atoms with Crippen molar-refractivity contribution in [1.29, 1.82) is 0 Å². The molecule has 1 amide bonds. The third-order valence-corrected chi connectivity index (χ3v) is 13.3. The monoisotopic (exact) mass is 1240 g/mol. The molecule has 4 heterocycles. The van der Waals surface area contributed by atoms with Crippen LogP contribution in [0, 0.1) is 0 Å². The van der Waals surface area contributed by atoms with Crippen molar-refractivity contribution >= 4 is 36.2 Å². The summed E-state index contributed by atoms with van der Waals surface area (Å²) in [6.45, 7) is 3.11. The summed E-state index contributed by atoms with van der Waals surface area (Å²) in [4.78, 5) is 54.4. The molecule has 0 unspecified atom stereocenters. The molecule has 0 aliphatic heterocycles. The number of nitrogens with two attached hydrogens (primary N) is 1. The second kappa shape index (κ2) is 34.3. The Bertz CT molecular complexity index is 3720. The number of ether oxygens (including phenoxy) is 8. The molecule has 0 aliphatic rings. The van der Waals surface area contributed by atoms with E-state index in [4.69, 9.17) is 53.7 Å². The van der Waals surface area contributed by atoms with Gasteiger partial charge < -0.3 is 63.9 Å². The van der Waals surface area contributed by atoms with Gasteiger partial charge in [0.05, 0.1) is 66.2 Å². The zero-order valence-electron chi connectivity index (χ0n) is 50.5. The summed E-state index contributed by atoms with van der Waals surface area (Å²) in [6.07, 6.45) is 6.63. The van der Waals surface area contributed by atoms with Crippen LogP contribution in [-0.4, -0.2) is 89.5 Å². The summed E-state index contributed by atoms with van der Waals surface area (Å²) < 4.78 is 42.6. The highest BCUT2D eigenvalue weighted by Crippen LogP contribution is 2.27. The minimum Gasteiger partial charge on any atom is -0.497 e. The van der Waals surface area contributed by atoms with Crippen LogP contribution in [-0.2, 0) is 39.3 Å². The Labute approximate surface area is 528 Å². The Morgan fingerprint density at radius 3 is 1.08 bits per heavy atom. The van der Waals surface area contributed by atoms with Gasteiger partial charge in [-0.05, 0) is 144 Å². The van der Waals surface area contributed by atoms with Gasteiger partial charge in [-0.3, -0.25) is 4.79 Å². The van der Waals surface area contributed by atoms with Crippen molar-refractivity contribution in [2.45, 2.75) is 39.3 Å². The van der Waals surface area contributed by atoms with Gasteiger partial charge in [-0.15, -0.1) is 12.4 Å². The van der Waals surface area contributed by atoms with Crippen LogP contribution < -0.4 is 58.7 Å². The lowest BCUT2D eigenvalue weighted by atomic mass is 10.1. The first-order chi connectivity index (χ1) is 43.4. The standard InChI is InChI=1S/C34H33N5O5.C21H24N4O2.C13H11NO4.ClH/c1-41-28-10-4-24(5-11-28)22-39(23-25-6-12-29(42-2)13-7-25)34-36-18-16-27(38-34)21-37-33(40)26-8-14-30(15-9-26)44-32-20-31(43-3)17-19-35-32;1-26-19-7-3-16(4-8-19)14-25(21-23-12-11-18(13-22)24-21)15-17-5-9-20(27-2)10-6-17;1-17-11-6-7-14-12(8-11)18-10-4-2-9(3-5-10)13(15)16;/h4-20H,21-23H2,1-3H3,(H,37,40);3-12H,13-15,22H2,1-2H3;2-8H,1H3,(H,15,16);1H. The molecule has 0 bridgehead atoms. The number of amides is 1. The van der Waals surface area contributed by atoms with Crippen molar-refractivity contribution in [3.8, 4) is 57.8 Å². The van der Waals surface area contributed by atoms with E-state index < -0.39 is 5.97 Å². The molecule has 0 saturated carbocycles. The number of hydrogen-bond donors (Lipinski definition) is 3. The highest BCUT2D eigenvalue weighted by Gasteiger charge is 2.16. The number of anilines is 2. The van der Waals surface area contributed by atoms with Gasteiger partial charge in [0.2, 0.25) is 23.7 Å². The fourth-order valence-corrected chi connectivity index (χ4v) is 8.49. The van der Waals surface area contributed by atoms with Crippen molar-refractivity contribution in [1.82, 2.24) is 35.2 Å². The summed E-state index contributed by atoms with van der Waals surface area (Å²) in [7, 11) is 9.76. The van der Waals surface area contributed by atoms with E-state index in [2.05, 4.69) is 40.0 Å². The number of halogens is 1. The van der Waals surface area contributed by atoms with E-state index in [0.717, 1.165) is 50.9 Å². The molecule has 0 radical (unpaired) electrons. The molecule has 22 heteroatoms. The highest BCUT2D eigenvalue weighted by molar-refractivity contribution is 5.94. The summed E-state index contributed by atoms with van der Waals surface area (Å²) in [5.41, 5.74) is 12.4. The predicted molar refractivity (Wildman–Crippen MR) is 344 cm³/mol. The molecular formula is C68H69ClN10O11. The quantitative estimate of drug-likeness (QED) is 0.0481. The Hall–Kier alpha value is -11.0. The van der Waals surface area contributed by atoms with Gasteiger partial charge in [-0.1, -0.05) is 48.5 Å². The fourth-order valence-electron chi connectivity index (χ4n) is 8.49. The molecule has 10 rings (SSSR count). The van der Waals surface area contributed by atoms with Gasteiger partial charge in [-0.2, -0.15) is 0 Å². The lowest BCUT2D eigenvalue weighted by Crippen LogP contribution is -2.26. The van der Waals surface area contributed by atoms with Gasteiger partial charge in [0.1, 0.15) is 46.0 Å². The molecule has 90 heavy (non-hydrogen) atoms. The van der Waals surface area contributed by atoms with Crippen molar-refractivity contribution in [2.75, 3.05) is 52.5 Å². The lowest BCUT2D eigenvalue weighted by molar-refractivity contribution is 0.0696. The maximum absolute atomic E-state index is 12.9. The molecule has 4 N–H and O–H groups in total. The molecule has 6 aromatic carbocycles. The largest absolute Gasteiger partial charge is 0.497 e.